The van der Waals surface area contributed by atoms with Gasteiger partial charge in [0.15, 0.2) is 0 Å². The first kappa shape index (κ1) is 24.1. The number of amides is 1. The number of rotatable bonds is 4. The molecular formula is C28H30FN5O2. The normalized spacial score (nSPS) is 22.2. The van der Waals surface area contributed by atoms with Gasteiger partial charge in [-0.15, -0.1) is 0 Å². The highest BCUT2D eigenvalue weighted by molar-refractivity contribution is 6.04. The first-order valence-electron chi connectivity index (χ1n) is 12.1. The molecule has 0 bridgehead atoms. The summed E-state index contributed by atoms with van der Waals surface area (Å²) in [5.41, 5.74) is 9.18. The standard InChI is InChI=1S/C28H30FN5O2/c1-16-9-20(21-6-8-32-27-25(21)22(13-33-27)19-5-4-7-31-12-19)10-23(29)26(16)28(36)17(2)14-34(15-18(28)3)24(35)11-30/h4-10,12-13,17-18,36H,11,14-15,30H2,1-3H3,(H,32,33)/t17-,18+,28?. The minimum Gasteiger partial charge on any atom is -0.384 e. The van der Waals surface area contributed by atoms with Crippen molar-refractivity contribution in [1.29, 1.82) is 0 Å². The highest BCUT2D eigenvalue weighted by Crippen LogP contribution is 2.45. The Hall–Kier alpha value is -3.62. The van der Waals surface area contributed by atoms with Gasteiger partial charge in [-0.3, -0.25) is 9.78 Å². The zero-order chi connectivity index (χ0) is 25.6. The lowest BCUT2D eigenvalue weighted by Crippen LogP contribution is -2.57. The maximum atomic E-state index is 16.0. The van der Waals surface area contributed by atoms with Crippen molar-refractivity contribution >= 4 is 16.9 Å². The molecule has 4 heterocycles. The quantitative estimate of drug-likeness (QED) is 0.403. The molecule has 7 nitrogen and oxygen atoms in total. The maximum Gasteiger partial charge on any atom is 0.236 e. The molecule has 0 radical (unpaired) electrons. The van der Waals surface area contributed by atoms with E-state index in [1.807, 2.05) is 51.2 Å². The number of aliphatic hydroxyl groups is 1. The largest absolute Gasteiger partial charge is 0.384 e. The van der Waals surface area contributed by atoms with Crippen LogP contribution in [0.5, 0.6) is 0 Å². The van der Waals surface area contributed by atoms with E-state index in [0.717, 1.165) is 22.1 Å². The predicted molar refractivity (Wildman–Crippen MR) is 137 cm³/mol. The smallest absolute Gasteiger partial charge is 0.236 e. The molecule has 0 saturated carbocycles. The van der Waals surface area contributed by atoms with E-state index in [2.05, 4.69) is 15.0 Å². The number of likely N-dealkylation sites (tertiary alicyclic amines) is 1. The van der Waals surface area contributed by atoms with E-state index in [1.165, 1.54) is 6.07 Å². The minimum atomic E-state index is -1.42. The molecule has 1 aliphatic heterocycles. The Bertz CT molecular complexity index is 1400. The van der Waals surface area contributed by atoms with Crippen molar-refractivity contribution in [2.45, 2.75) is 26.4 Å². The summed E-state index contributed by atoms with van der Waals surface area (Å²) in [6.45, 7) is 6.09. The molecule has 5 rings (SSSR count). The van der Waals surface area contributed by atoms with E-state index in [1.54, 1.807) is 23.5 Å². The number of carbonyl (C=O) groups is 1. The fourth-order valence-electron chi connectivity index (χ4n) is 5.78. The summed E-state index contributed by atoms with van der Waals surface area (Å²) < 4.78 is 16.0. The van der Waals surface area contributed by atoms with Crippen LogP contribution in [0.1, 0.15) is 25.0 Å². The second-order valence-corrected chi connectivity index (χ2v) is 9.81. The van der Waals surface area contributed by atoms with Crippen molar-refractivity contribution in [3.63, 3.8) is 0 Å². The number of carbonyl (C=O) groups excluding carboxylic acids is 1. The van der Waals surface area contributed by atoms with Gasteiger partial charge in [-0.2, -0.15) is 0 Å². The van der Waals surface area contributed by atoms with Gasteiger partial charge in [0.05, 0.1) is 6.54 Å². The van der Waals surface area contributed by atoms with Gasteiger partial charge in [0.2, 0.25) is 5.91 Å². The van der Waals surface area contributed by atoms with Crippen LogP contribution in [0.25, 0.3) is 33.3 Å². The number of hydrogen-bond acceptors (Lipinski definition) is 5. The monoisotopic (exact) mass is 487 g/mol. The summed E-state index contributed by atoms with van der Waals surface area (Å²) in [5, 5.41) is 12.8. The number of aryl methyl sites for hydroxylation is 1. The van der Waals surface area contributed by atoms with Gasteiger partial charge >= 0.3 is 0 Å². The molecule has 36 heavy (non-hydrogen) atoms. The Labute approximate surface area is 209 Å². The van der Waals surface area contributed by atoms with E-state index in [-0.39, 0.29) is 29.9 Å². The third-order valence-corrected chi connectivity index (χ3v) is 7.56. The van der Waals surface area contributed by atoms with Crippen LogP contribution in [0.2, 0.25) is 0 Å². The number of nitrogens with one attached hydrogen (secondary N) is 1. The molecule has 8 heteroatoms. The van der Waals surface area contributed by atoms with Crippen LogP contribution in [-0.4, -0.2) is 50.5 Å². The Morgan fingerprint density at radius 1 is 1.19 bits per heavy atom. The third-order valence-electron chi connectivity index (χ3n) is 7.56. The molecule has 4 aromatic rings. The van der Waals surface area contributed by atoms with Crippen LogP contribution in [-0.2, 0) is 10.4 Å². The Morgan fingerprint density at radius 2 is 1.94 bits per heavy atom. The lowest BCUT2D eigenvalue weighted by atomic mass is 9.69. The molecule has 3 atom stereocenters. The van der Waals surface area contributed by atoms with Crippen molar-refractivity contribution in [3.05, 3.63) is 72.1 Å². The van der Waals surface area contributed by atoms with E-state index in [9.17, 15) is 9.90 Å². The molecule has 4 N–H and O–H groups in total. The fraction of sp³-hybridized carbons (Fsp3) is 0.321. The molecule has 186 valence electrons. The number of hydrogen-bond donors (Lipinski definition) is 3. The summed E-state index contributed by atoms with van der Waals surface area (Å²) >= 11 is 0. The SMILES string of the molecule is Cc1cc(-c2ccnc3[nH]cc(-c4cccnc4)c23)cc(F)c1C1(O)[C@H](C)CN(C(=O)CN)C[C@@H]1C. The van der Waals surface area contributed by atoms with Crippen molar-refractivity contribution in [2.75, 3.05) is 19.6 Å². The average molecular weight is 488 g/mol. The second-order valence-electron chi connectivity index (χ2n) is 9.81. The third kappa shape index (κ3) is 3.77. The molecular weight excluding hydrogens is 457 g/mol. The summed E-state index contributed by atoms with van der Waals surface area (Å²) in [6.07, 6.45) is 7.09. The van der Waals surface area contributed by atoms with E-state index < -0.39 is 11.4 Å². The Kier molecular flexibility index (Phi) is 6.10. The van der Waals surface area contributed by atoms with Crippen LogP contribution in [0.4, 0.5) is 4.39 Å². The van der Waals surface area contributed by atoms with Crippen LogP contribution in [0, 0.1) is 24.6 Å². The van der Waals surface area contributed by atoms with Gasteiger partial charge in [0.1, 0.15) is 17.1 Å². The number of nitrogens with two attached hydrogens (primary N) is 1. The number of aromatic nitrogens is 3. The topological polar surface area (TPSA) is 108 Å². The average Bonchev–Trinajstić information content (AvgIpc) is 3.31. The summed E-state index contributed by atoms with van der Waals surface area (Å²) in [4.78, 5) is 25.7. The summed E-state index contributed by atoms with van der Waals surface area (Å²) in [6, 6.07) is 9.13. The molecule has 0 aliphatic carbocycles. The van der Waals surface area contributed by atoms with Gasteiger partial charge in [-0.05, 0) is 41.8 Å². The number of piperidine rings is 1. The lowest BCUT2D eigenvalue weighted by Gasteiger charge is -2.48. The highest BCUT2D eigenvalue weighted by atomic mass is 19.1. The van der Waals surface area contributed by atoms with Crippen LogP contribution >= 0.6 is 0 Å². The summed E-state index contributed by atoms with van der Waals surface area (Å²) in [7, 11) is 0. The second kappa shape index (κ2) is 9.11. The minimum absolute atomic E-state index is 0.0828. The molecule has 0 spiro atoms. The molecule has 3 aromatic heterocycles. The predicted octanol–water partition coefficient (Wildman–Crippen LogP) is 4.00. The molecule has 1 aromatic carbocycles. The molecule has 1 fully saturated rings. The van der Waals surface area contributed by atoms with Crippen molar-refractivity contribution in [1.82, 2.24) is 19.9 Å². The van der Waals surface area contributed by atoms with Gasteiger partial charge in [-0.25, -0.2) is 9.37 Å². The number of aromatic amines is 1. The van der Waals surface area contributed by atoms with Crippen LogP contribution < -0.4 is 5.73 Å². The van der Waals surface area contributed by atoms with E-state index in [4.69, 9.17) is 5.73 Å². The first-order valence-corrected chi connectivity index (χ1v) is 12.1. The van der Waals surface area contributed by atoms with Crippen LogP contribution in [0.15, 0.2) is 55.1 Å². The number of H-pyrrole nitrogens is 1. The Morgan fingerprint density at radius 3 is 2.58 bits per heavy atom. The number of nitrogens with zero attached hydrogens (tertiary/aromatic N) is 3. The number of benzene rings is 1. The number of fused-ring (bicyclic) bond motifs is 1. The molecule has 1 aliphatic rings. The number of pyridine rings is 2. The maximum absolute atomic E-state index is 16.0. The van der Waals surface area contributed by atoms with Crippen molar-refractivity contribution in [3.8, 4) is 22.3 Å². The highest BCUT2D eigenvalue weighted by Gasteiger charge is 2.48. The van der Waals surface area contributed by atoms with Gasteiger partial charge in [-0.1, -0.05) is 26.0 Å². The van der Waals surface area contributed by atoms with E-state index >= 15 is 4.39 Å². The van der Waals surface area contributed by atoms with Gasteiger partial charge in [0.25, 0.3) is 0 Å². The van der Waals surface area contributed by atoms with Crippen LogP contribution in [0.3, 0.4) is 0 Å². The van der Waals surface area contributed by atoms with Gasteiger partial charge in [0, 0.05) is 71.8 Å². The van der Waals surface area contributed by atoms with Crippen molar-refractivity contribution in [2.24, 2.45) is 17.6 Å². The van der Waals surface area contributed by atoms with Crippen molar-refractivity contribution < 1.29 is 14.3 Å². The summed E-state index contributed by atoms with van der Waals surface area (Å²) in [5.74, 6) is -1.37. The zero-order valence-electron chi connectivity index (χ0n) is 20.6. The van der Waals surface area contributed by atoms with E-state index in [0.29, 0.717) is 29.9 Å². The molecule has 1 amide bonds. The number of halogens is 1. The molecule has 1 unspecified atom stereocenters. The molecule has 1 saturated heterocycles. The van der Waals surface area contributed by atoms with Gasteiger partial charge < -0.3 is 20.7 Å². The first-order chi connectivity index (χ1) is 17.3. The fourth-order valence-corrected chi connectivity index (χ4v) is 5.78. The Balaban J connectivity index is 1.60. The lowest BCUT2D eigenvalue weighted by molar-refractivity contribution is -0.148. The zero-order valence-corrected chi connectivity index (χ0v) is 20.6.